The molecule has 34 heavy (non-hydrogen) atoms. The van der Waals surface area contributed by atoms with Gasteiger partial charge in [0.25, 0.3) is 5.56 Å². The minimum atomic E-state index is -0.523. The summed E-state index contributed by atoms with van der Waals surface area (Å²) in [6.07, 6.45) is -0.478. The molecule has 3 aliphatic rings. The van der Waals surface area contributed by atoms with Crippen LogP contribution in [0.2, 0.25) is 0 Å². The van der Waals surface area contributed by atoms with Gasteiger partial charge in [0.05, 0.1) is 12.1 Å². The van der Waals surface area contributed by atoms with E-state index < -0.39 is 18.2 Å². The summed E-state index contributed by atoms with van der Waals surface area (Å²) in [7, 11) is 0. The van der Waals surface area contributed by atoms with E-state index in [1.807, 2.05) is 30.3 Å². The Balaban J connectivity index is 1.31. The number of carbonyl (C=O) groups excluding carboxylic acids is 1. The number of hydrogen-bond donors (Lipinski definition) is 2. The van der Waals surface area contributed by atoms with Crippen molar-refractivity contribution >= 4 is 6.09 Å². The van der Waals surface area contributed by atoms with Crippen LogP contribution in [0.15, 0.2) is 71.5 Å². The Labute approximate surface area is 196 Å². The zero-order chi connectivity index (χ0) is 23.4. The van der Waals surface area contributed by atoms with E-state index in [9.17, 15) is 19.8 Å². The van der Waals surface area contributed by atoms with Crippen molar-refractivity contribution in [3.05, 3.63) is 93.9 Å². The summed E-state index contributed by atoms with van der Waals surface area (Å²) in [5, 5.41) is 20.3. The number of carbonyl (C=O) groups is 1. The van der Waals surface area contributed by atoms with Crippen molar-refractivity contribution in [2.24, 2.45) is 11.8 Å². The summed E-state index contributed by atoms with van der Waals surface area (Å²) in [6, 6.07) is 20.4. The molecular formula is C27H26N2O5. The van der Waals surface area contributed by atoms with E-state index in [4.69, 9.17) is 4.74 Å². The molecule has 0 radical (unpaired) electrons. The van der Waals surface area contributed by atoms with Gasteiger partial charge in [-0.1, -0.05) is 54.6 Å². The average molecular weight is 459 g/mol. The van der Waals surface area contributed by atoms with Gasteiger partial charge >= 0.3 is 6.09 Å². The van der Waals surface area contributed by atoms with Gasteiger partial charge in [-0.3, -0.25) is 9.69 Å². The van der Waals surface area contributed by atoms with E-state index in [1.54, 1.807) is 15.5 Å². The van der Waals surface area contributed by atoms with Crippen molar-refractivity contribution in [2.75, 3.05) is 19.8 Å². The molecule has 2 bridgehead atoms. The number of fused-ring (bicyclic) bond motifs is 7. The van der Waals surface area contributed by atoms with Crippen LogP contribution in [-0.4, -0.2) is 51.6 Å². The van der Waals surface area contributed by atoms with Crippen LogP contribution in [0, 0.1) is 11.8 Å². The van der Waals surface area contributed by atoms with Crippen molar-refractivity contribution in [1.82, 2.24) is 9.47 Å². The second-order valence-electron chi connectivity index (χ2n) is 9.32. The van der Waals surface area contributed by atoms with Gasteiger partial charge in [-0.15, -0.1) is 0 Å². The molecule has 6 rings (SSSR count). The number of hydrogen-bond acceptors (Lipinski definition) is 5. The highest BCUT2D eigenvalue weighted by molar-refractivity contribution is 5.79. The molecule has 1 aliphatic carbocycles. The van der Waals surface area contributed by atoms with E-state index in [0.29, 0.717) is 5.69 Å². The first-order valence-electron chi connectivity index (χ1n) is 11.7. The van der Waals surface area contributed by atoms with Crippen LogP contribution in [0.1, 0.15) is 28.8 Å². The lowest BCUT2D eigenvalue weighted by Crippen LogP contribution is -2.49. The molecule has 7 nitrogen and oxygen atoms in total. The van der Waals surface area contributed by atoms with E-state index in [0.717, 1.165) is 22.3 Å². The smallest absolute Gasteiger partial charge is 0.410 e. The second kappa shape index (κ2) is 8.11. The monoisotopic (exact) mass is 458 g/mol. The number of rotatable bonds is 4. The molecule has 2 N–H and O–H groups in total. The molecular weight excluding hydrogens is 432 g/mol. The molecule has 1 fully saturated rings. The minimum absolute atomic E-state index is 0.0593. The normalized spacial score (nSPS) is 24.5. The van der Waals surface area contributed by atoms with Crippen LogP contribution in [-0.2, 0) is 11.3 Å². The summed E-state index contributed by atoms with van der Waals surface area (Å²) < 4.78 is 7.58. The standard InChI is InChI=1S/C27H26N2O5/c30-13-20-21(14-31)26-23-10-5-11-25(32)28(23)12-24(20)29(26)27(33)34-15-22-18-8-3-1-6-16(18)17-7-2-4-9-19(17)22/h1-11,20-22,24,26,30-31H,12-15H2/t20-,21-,24+,26-/m1/s1. The van der Waals surface area contributed by atoms with Crippen LogP contribution in [0.25, 0.3) is 11.1 Å². The number of benzene rings is 2. The topological polar surface area (TPSA) is 92.0 Å². The van der Waals surface area contributed by atoms with E-state index in [1.165, 1.54) is 6.07 Å². The first-order chi connectivity index (χ1) is 16.6. The first kappa shape index (κ1) is 21.1. The van der Waals surface area contributed by atoms with Crippen molar-refractivity contribution in [2.45, 2.75) is 24.5 Å². The zero-order valence-corrected chi connectivity index (χ0v) is 18.6. The SMILES string of the molecule is O=C(OCC1c2ccccc2-c2ccccc21)N1[C@H]2Cn3c(cccc3=O)[C@H]1[C@H](CO)[C@H]2CO. The predicted octanol–water partition coefficient (Wildman–Crippen LogP) is 2.75. The summed E-state index contributed by atoms with van der Waals surface area (Å²) in [5.41, 5.74) is 5.12. The lowest BCUT2D eigenvalue weighted by molar-refractivity contribution is 0.0588. The van der Waals surface area contributed by atoms with Crippen molar-refractivity contribution < 1.29 is 19.7 Å². The number of ether oxygens (including phenoxy) is 1. The molecule has 3 aromatic rings. The summed E-state index contributed by atoms with van der Waals surface area (Å²) in [4.78, 5) is 27.6. The quantitative estimate of drug-likeness (QED) is 0.627. The lowest BCUT2D eigenvalue weighted by atomic mass is 9.88. The fraction of sp³-hybridized carbons (Fsp3) is 0.333. The molecule has 174 valence electrons. The molecule has 4 atom stereocenters. The molecule has 0 unspecified atom stereocenters. The Kier molecular flexibility index (Phi) is 5.04. The maximum atomic E-state index is 13.5. The van der Waals surface area contributed by atoms with Crippen molar-refractivity contribution in [3.63, 3.8) is 0 Å². The van der Waals surface area contributed by atoms with Gasteiger partial charge in [-0.25, -0.2) is 4.79 Å². The Morgan fingerprint density at radius 3 is 2.18 bits per heavy atom. The number of nitrogens with zero attached hydrogens (tertiary/aromatic N) is 2. The molecule has 1 saturated heterocycles. The number of pyridine rings is 1. The number of aromatic nitrogens is 1. The third-order valence-corrected chi connectivity index (χ3v) is 7.83. The maximum Gasteiger partial charge on any atom is 0.410 e. The number of aliphatic hydroxyl groups is 2. The van der Waals surface area contributed by atoms with Crippen molar-refractivity contribution in [3.8, 4) is 11.1 Å². The van der Waals surface area contributed by atoms with Gasteiger partial charge in [-0.05, 0) is 28.3 Å². The molecule has 2 aliphatic heterocycles. The van der Waals surface area contributed by atoms with Crippen LogP contribution in [0.4, 0.5) is 4.79 Å². The molecule has 0 saturated carbocycles. The molecule has 7 heteroatoms. The number of aliphatic hydroxyl groups excluding tert-OH is 2. The largest absolute Gasteiger partial charge is 0.448 e. The minimum Gasteiger partial charge on any atom is -0.448 e. The summed E-state index contributed by atoms with van der Waals surface area (Å²) in [5.74, 6) is -0.767. The fourth-order valence-corrected chi connectivity index (χ4v) is 6.31. The average Bonchev–Trinajstić information content (AvgIpc) is 3.31. The van der Waals surface area contributed by atoms with Crippen LogP contribution >= 0.6 is 0 Å². The molecule has 2 aromatic carbocycles. The Bertz CT molecular complexity index is 1270. The lowest BCUT2D eigenvalue weighted by Gasteiger charge is -2.37. The molecule has 3 heterocycles. The fourth-order valence-electron chi connectivity index (χ4n) is 6.31. The van der Waals surface area contributed by atoms with E-state index in [2.05, 4.69) is 24.3 Å². The van der Waals surface area contributed by atoms with Gasteiger partial charge in [0.15, 0.2) is 0 Å². The molecule has 0 spiro atoms. The second-order valence-corrected chi connectivity index (χ2v) is 9.32. The van der Waals surface area contributed by atoms with Gasteiger partial charge in [-0.2, -0.15) is 0 Å². The van der Waals surface area contributed by atoms with E-state index in [-0.39, 0.29) is 49.7 Å². The van der Waals surface area contributed by atoms with Crippen LogP contribution < -0.4 is 5.56 Å². The van der Waals surface area contributed by atoms with Crippen molar-refractivity contribution in [1.29, 1.82) is 0 Å². The van der Waals surface area contributed by atoms with Gasteiger partial charge in [0, 0.05) is 49.3 Å². The van der Waals surface area contributed by atoms with E-state index >= 15 is 0 Å². The van der Waals surface area contributed by atoms with Crippen LogP contribution in [0.3, 0.4) is 0 Å². The van der Waals surface area contributed by atoms with Gasteiger partial charge in [0.1, 0.15) is 6.61 Å². The van der Waals surface area contributed by atoms with Gasteiger partial charge < -0.3 is 19.5 Å². The Morgan fingerprint density at radius 1 is 0.882 bits per heavy atom. The summed E-state index contributed by atoms with van der Waals surface area (Å²) in [6.45, 7) is 0.0975. The predicted molar refractivity (Wildman–Crippen MR) is 125 cm³/mol. The highest BCUT2D eigenvalue weighted by atomic mass is 16.6. The third kappa shape index (κ3) is 2.97. The molecule has 1 amide bonds. The first-order valence-corrected chi connectivity index (χ1v) is 11.7. The Morgan fingerprint density at radius 2 is 1.53 bits per heavy atom. The highest BCUT2D eigenvalue weighted by Gasteiger charge is 2.55. The maximum absolute atomic E-state index is 13.5. The van der Waals surface area contributed by atoms with Gasteiger partial charge in [0.2, 0.25) is 0 Å². The zero-order valence-electron chi connectivity index (χ0n) is 18.6. The molecule has 1 aromatic heterocycles. The summed E-state index contributed by atoms with van der Waals surface area (Å²) >= 11 is 0. The third-order valence-electron chi connectivity index (χ3n) is 7.83. The highest BCUT2D eigenvalue weighted by Crippen LogP contribution is 2.49. The Hall–Kier alpha value is -3.42. The number of amides is 1. The van der Waals surface area contributed by atoms with Crippen LogP contribution in [0.5, 0.6) is 0 Å².